The molecule has 0 aliphatic carbocycles. The van der Waals surface area contributed by atoms with Crippen LogP contribution in [0, 0.1) is 0 Å². The van der Waals surface area contributed by atoms with Crippen molar-refractivity contribution < 1.29 is 55.9 Å². The van der Waals surface area contributed by atoms with Crippen molar-refractivity contribution in [3.63, 3.8) is 0 Å². The van der Waals surface area contributed by atoms with E-state index in [2.05, 4.69) is 28.1 Å². The highest BCUT2D eigenvalue weighted by atomic mass is 31.3. The van der Waals surface area contributed by atoms with E-state index in [0.717, 1.165) is 6.33 Å². The number of H-pyrrole nitrogens is 1. The maximum absolute atomic E-state index is 11.8. The maximum atomic E-state index is 11.8. The van der Waals surface area contributed by atoms with Crippen LogP contribution in [-0.4, -0.2) is 50.3 Å². The third-order valence-electron chi connectivity index (χ3n) is 3.96. The highest BCUT2D eigenvalue weighted by Crippen LogP contribution is 2.61. The van der Waals surface area contributed by atoms with Gasteiger partial charge in [-0.3, -0.25) is 23.1 Å². The molecule has 0 amide bonds. The maximum Gasteiger partial charge on any atom is 0.280 e. The lowest BCUT2D eigenvalue weighted by Gasteiger charge is -2.33. The van der Waals surface area contributed by atoms with Crippen LogP contribution in [0.1, 0.15) is 12.6 Å². The smallest absolute Gasteiger partial charge is 0.280 e. The molecule has 20 heteroatoms. The van der Waals surface area contributed by atoms with Crippen LogP contribution in [0.15, 0.2) is 17.4 Å². The van der Waals surface area contributed by atoms with E-state index in [1.807, 2.05) is 0 Å². The lowest BCUT2D eigenvalue weighted by Crippen LogP contribution is -2.29. The SMILES string of the molecule is COC1C[C@H](n2cnc3c(=O)[nH]cnc32)O[C@@H]1COP(=O)([O-])OP(=O)([O-])OP(=O)([O-])O. The monoisotopic (exact) mass is 503 g/mol. The molecule has 2 aromatic rings. The lowest BCUT2D eigenvalue weighted by molar-refractivity contribution is -0.250. The predicted octanol–water partition coefficient (Wildman–Crippen LogP) is -2.13. The van der Waals surface area contributed by atoms with Crippen molar-refractivity contribution in [2.24, 2.45) is 0 Å². The number of ether oxygens (including phenoxy) is 2. The van der Waals surface area contributed by atoms with E-state index in [0.29, 0.717) is 0 Å². The summed E-state index contributed by atoms with van der Waals surface area (Å²) in [6, 6.07) is 0. The number of hydrogen-bond acceptors (Lipinski definition) is 14. The van der Waals surface area contributed by atoms with Gasteiger partial charge in [0.05, 0.1) is 25.4 Å². The molecule has 0 radical (unpaired) electrons. The number of hydrogen-bond donors (Lipinski definition) is 2. The normalized spacial score (nSPS) is 27.6. The van der Waals surface area contributed by atoms with Gasteiger partial charge in [-0.05, 0) is 0 Å². The first-order valence-corrected chi connectivity index (χ1v) is 12.5. The van der Waals surface area contributed by atoms with Crippen molar-refractivity contribution in [1.29, 1.82) is 0 Å². The quantitative estimate of drug-likeness (QED) is 0.347. The predicted molar refractivity (Wildman–Crippen MR) is 90.6 cm³/mol. The Morgan fingerprint density at radius 2 is 1.97 bits per heavy atom. The minimum absolute atomic E-state index is 0.0444. The first-order valence-electron chi connectivity index (χ1n) is 8.12. The molecule has 4 unspecified atom stereocenters. The number of imidazole rings is 1. The highest BCUT2D eigenvalue weighted by Gasteiger charge is 2.38. The Morgan fingerprint density at radius 3 is 2.61 bits per heavy atom. The molecule has 2 N–H and O–H groups in total. The average Bonchev–Trinajstić information content (AvgIpc) is 3.21. The van der Waals surface area contributed by atoms with E-state index in [1.165, 1.54) is 18.0 Å². The summed E-state index contributed by atoms with van der Waals surface area (Å²) in [5.74, 6) is 0. The van der Waals surface area contributed by atoms with Gasteiger partial charge in [0.25, 0.3) is 29.0 Å². The van der Waals surface area contributed by atoms with Crippen LogP contribution in [0.25, 0.3) is 11.2 Å². The summed E-state index contributed by atoms with van der Waals surface area (Å²) < 4.78 is 56.8. The first kappa shape index (κ1) is 24.3. The van der Waals surface area contributed by atoms with Gasteiger partial charge < -0.3 is 38.6 Å². The molecular formula is C11H14N4O13P3-3. The number of nitrogens with one attached hydrogen (secondary N) is 1. The summed E-state index contributed by atoms with van der Waals surface area (Å²) in [6.07, 6.45) is 0.0140. The van der Waals surface area contributed by atoms with E-state index in [9.17, 15) is 33.2 Å². The molecule has 0 saturated carbocycles. The summed E-state index contributed by atoms with van der Waals surface area (Å²) in [6.45, 7) is -0.787. The number of aromatic amines is 1. The van der Waals surface area contributed by atoms with Gasteiger partial charge in [0.15, 0.2) is 11.2 Å². The van der Waals surface area contributed by atoms with Gasteiger partial charge in [0, 0.05) is 13.5 Å². The summed E-state index contributed by atoms with van der Waals surface area (Å²) in [5.41, 5.74) is -0.245. The van der Waals surface area contributed by atoms with Crippen LogP contribution in [0.2, 0.25) is 0 Å². The molecule has 174 valence electrons. The summed E-state index contributed by atoms with van der Waals surface area (Å²) in [4.78, 5) is 63.8. The fourth-order valence-electron chi connectivity index (χ4n) is 2.80. The topological polar surface area (TPSA) is 250 Å². The number of rotatable bonds is 9. The molecular weight excluding hydrogens is 489 g/mol. The molecule has 1 aliphatic heterocycles. The second-order valence-electron chi connectivity index (χ2n) is 6.02. The second kappa shape index (κ2) is 8.90. The van der Waals surface area contributed by atoms with Crippen LogP contribution >= 0.6 is 23.5 Å². The van der Waals surface area contributed by atoms with E-state index < -0.39 is 54.1 Å². The van der Waals surface area contributed by atoms with Crippen molar-refractivity contribution in [1.82, 2.24) is 19.5 Å². The Labute approximate surface area is 172 Å². The average molecular weight is 503 g/mol. The molecule has 0 aromatic carbocycles. The van der Waals surface area contributed by atoms with E-state index in [-0.39, 0.29) is 17.6 Å². The van der Waals surface area contributed by atoms with Crippen molar-refractivity contribution in [2.75, 3.05) is 13.7 Å². The van der Waals surface area contributed by atoms with Gasteiger partial charge >= 0.3 is 0 Å². The molecule has 2 aromatic heterocycles. The largest absolute Gasteiger partial charge is 0.756 e. The summed E-state index contributed by atoms with van der Waals surface area (Å²) >= 11 is 0. The van der Waals surface area contributed by atoms with Crippen LogP contribution in [0.5, 0.6) is 0 Å². The first-order chi connectivity index (χ1) is 14.3. The molecule has 3 rings (SSSR count). The van der Waals surface area contributed by atoms with E-state index >= 15 is 0 Å². The zero-order chi connectivity index (χ0) is 23.0. The molecule has 1 saturated heterocycles. The van der Waals surface area contributed by atoms with Gasteiger partial charge in [-0.1, -0.05) is 0 Å². The fourth-order valence-corrected chi connectivity index (χ4v) is 5.69. The van der Waals surface area contributed by atoms with Crippen molar-refractivity contribution in [3.8, 4) is 0 Å². The van der Waals surface area contributed by atoms with Gasteiger partial charge in [-0.2, -0.15) is 0 Å². The third-order valence-corrected chi connectivity index (χ3v) is 7.65. The summed E-state index contributed by atoms with van der Waals surface area (Å²) in [7, 11) is -16.2. The molecule has 0 spiro atoms. The van der Waals surface area contributed by atoms with Crippen LogP contribution in [0.3, 0.4) is 0 Å². The minimum atomic E-state index is -6.00. The number of aromatic nitrogens is 4. The van der Waals surface area contributed by atoms with E-state index in [4.69, 9.17) is 14.4 Å². The third kappa shape index (κ3) is 6.14. The lowest BCUT2D eigenvalue weighted by atomic mass is 10.2. The summed E-state index contributed by atoms with van der Waals surface area (Å²) in [5, 5.41) is 0. The number of methoxy groups -OCH3 is 1. The Hall–Kier alpha value is -1.32. The Bertz CT molecular complexity index is 1140. The number of phosphoric acid groups is 3. The van der Waals surface area contributed by atoms with Gasteiger partial charge in [0.2, 0.25) is 0 Å². The molecule has 17 nitrogen and oxygen atoms in total. The molecule has 0 bridgehead atoms. The Kier molecular flexibility index (Phi) is 6.99. The minimum Gasteiger partial charge on any atom is -0.756 e. The zero-order valence-electron chi connectivity index (χ0n) is 15.3. The van der Waals surface area contributed by atoms with Crippen molar-refractivity contribution >= 4 is 34.6 Å². The highest BCUT2D eigenvalue weighted by molar-refractivity contribution is 7.65. The fraction of sp³-hybridized carbons (Fsp3) is 0.545. The molecule has 3 heterocycles. The van der Waals surface area contributed by atoms with Crippen LogP contribution in [-0.2, 0) is 36.3 Å². The standard InChI is InChI=1S/C11H17N4O13P3/c1-24-6-2-8(15-5-14-9-10(15)12-4-13-11(9)16)26-7(6)3-25-30(20,21)28-31(22,23)27-29(17,18)19/h4-8H,2-3H2,1H3,(H,20,21)(H,22,23)(H,12,13,16)(H2,17,18,19)/p-3/t6?,7-,8-/m1/s1. The van der Waals surface area contributed by atoms with Crippen LogP contribution in [0.4, 0.5) is 0 Å². The van der Waals surface area contributed by atoms with Gasteiger partial charge in [-0.15, -0.1) is 0 Å². The molecule has 31 heavy (non-hydrogen) atoms. The molecule has 1 aliphatic rings. The number of nitrogens with zero attached hydrogens (tertiary/aromatic N) is 3. The molecule has 6 atom stereocenters. The zero-order valence-corrected chi connectivity index (χ0v) is 18.0. The number of fused-ring (bicyclic) bond motifs is 1. The van der Waals surface area contributed by atoms with Gasteiger partial charge in [-0.25, -0.2) is 18.6 Å². The van der Waals surface area contributed by atoms with Crippen molar-refractivity contribution in [2.45, 2.75) is 24.9 Å². The molecule has 1 fully saturated rings. The van der Waals surface area contributed by atoms with Crippen LogP contribution < -0.4 is 20.2 Å². The number of phosphoric ester groups is 1. The Balaban J connectivity index is 1.68. The second-order valence-corrected chi connectivity index (χ2v) is 10.3. The van der Waals surface area contributed by atoms with Gasteiger partial charge in [0.1, 0.15) is 12.3 Å². The van der Waals surface area contributed by atoms with Crippen molar-refractivity contribution in [3.05, 3.63) is 23.0 Å². The Morgan fingerprint density at radius 1 is 1.26 bits per heavy atom. The van der Waals surface area contributed by atoms with E-state index in [1.54, 1.807) is 0 Å².